The highest BCUT2D eigenvalue weighted by atomic mass is 32.1. The van der Waals surface area contributed by atoms with Crippen molar-refractivity contribution >= 4 is 23.2 Å². The number of amides is 2. The lowest BCUT2D eigenvalue weighted by Gasteiger charge is -2.35. The molecule has 5 nitrogen and oxygen atoms in total. The van der Waals surface area contributed by atoms with Crippen molar-refractivity contribution < 1.29 is 14.0 Å². The van der Waals surface area contributed by atoms with Crippen LogP contribution in [0.2, 0.25) is 0 Å². The third-order valence-corrected chi connectivity index (χ3v) is 6.17. The van der Waals surface area contributed by atoms with Gasteiger partial charge in [-0.15, -0.1) is 11.3 Å². The van der Waals surface area contributed by atoms with Gasteiger partial charge in [-0.05, 0) is 37.8 Å². The van der Waals surface area contributed by atoms with Crippen molar-refractivity contribution in [2.75, 3.05) is 26.2 Å². The quantitative estimate of drug-likeness (QED) is 0.847. The predicted molar refractivity (Wildman–Crippen MR) is 95.8 cm³/mol. The van der Waals surface area contributed by atoms with E-state index in [1.54, 1.807) is 17.4 Å². The van der Waals surface area contributed by atoms with Crippen LogP contribution >= 0.6 is 11.3 Å². The summed E-state index contributed by atoms with van der Waals surface area (Å²) < 4.78 is 5.46. The number of aryl methyl sites for hydroxylation is 2. The number of carbonyl (C=O) groups is 2. The molecule has 0 radical (unpaired) electrons. The lowest BCUT2D eigenvalue weighted by Crippen LogP contribution is -2.51. The maximum Gasteiger partial charge on any atom is 0.257 e. The van der Waals surface area contributed by atoms with Gasteiger partial charge in [0.25, 0.3) is 5.91 Å². The van der Waals surface area contributed by atoms with Crippen LogP contribution in [0.1, 0.15) is 39.1 Å². The zero-order chi connectivity index (χ0) is 17.6. The number of nitrogens with zero attached hydrogens (tertiary/aromatic N) is 2. The Kier molecular flexibility index (Phi) is 4.15. The topological polar surface area (TPSA) is 53.8 Å². The molecule has 1 aliphatic carbocycles. The predicted octanol–water partition coefficient (Wildman–Crippen LogP) is 3.05. The summed E-state index contributed by atoms with van der Waals surface area (Å²) in [4.78, 5) is 30.4. The fraction of sp³-hybridized carbons (Fsp3) is 0.474. The Balaban J connectivity index is 1.33. The zero-order valence-electron chi connectivity index (χ0n) is 14.5. The molecular weight excluding hydrogens is 336 g/mol. The number of piperazine rings is 1. The largest absolute Gasteiger partial charge is 0.466 e. The normalized spacial score (nSPS) is 23.0. The summed E-state index contributed by atoms with van der Waals surface area (Å²) in [7, 11) is 0. The van der Waals surface area contributed by atoms with Gasteiger partial charge in [-0.1, -0.05) is 6.07 Å². The molecule has 1 saturated carbocycles. The van der Waals surface area contributed by atoms with E-state index in [1.807, 2.05) is 29.7 Å². The second-order valence-electron chi connectivity index (χ2n) is 6.91. The van der Waals surface area contributed by atoms with Crippen molar-refractivity contribution in [3.05, 3.63) is 45.5 Å². The van der Waals surface area contributed by atoms with Crippen LogP contribution in [0.25, 0.3) is 0 Å². The molecule has 4 rings (SSSR count). The summed E-state index contributed by atoms with van der Waals surface area (Å²) in [5, 5.41) is 2.07. The van der Waals surface area contributed by atoms with Crippen LogP contribution in [0.4, 0.5) is 0 Å². The van der Waals surface area contributed by atoms with Crippen molar-refractivity contribution in [2.24, 2.45) is 5.92 Å². The van der Waals surface area contributed by atoms with E-state index in [0.717, 1.165) is 12.2 Å². The van der Waals surface area contributed by atoms with Gasteiger partial charge < -0.3 is 14.2 Å². The van der Waals surface area contributed by atoms with E-state index in [2.05, 4.69) is 11.4 Å². The van der Waals surface area contributed by atoms with E-state index in [1.165, 1.54) is 4.88 Å². The average molecular weight is 358 g/mol. The van der Waals surface area contributed by atoms with E-state index in [-0.39, 0.29) is 17.7 Å². The van der Waals surface area contributed by atoms with Gasteiger partial charge >= 0.3 is 0 Å². The van der Waals surface area contributed by atoms with Gasteiger partial charge in [-0.25, -0.2) is 0 Å². The minimum atomic E-state index is 0.00401. The summed E-state index contributed by atoms with van der Waals surface area (Å²) in [5.41, 5.74) is 0.636. The molecule has 1 saturated heterocycles. The molecule has 132 valence electrons. The van der Waals surface area contributed by atoms with Gasteiger partial charge in [0.2, 0.25) is 5.91 Å². The standard InChI is InChI=1S/C19H22N2O3S/c1-12-10-14(13(2)24-12)18(22)20-5-7-21(8-6-20)19(23)16-11-15(16)17-4-3-9-25-17/h3-4,9-10,15-16H,5-8,11H2,1-2H3. The second-order valence-corrected chi connectivity index (χ2v) is 7.89. The molecule has 2 aromatic rings. The zero-order valence-corrected chi connectivity index (χ0v) is 15.3. The lowest BCUT2D eigenvalue weighted by atomic mass is 10.2. The van der Waals surface area contributed by atoms with E-state index in [0.29, 0.717) is 43.4 Å². The third kappa shape index (κ3) is 3.11. The Bertz CT molecular complexity index is 788. The maximum atomic E-state index is 12.7. The molecule has 2 aromatic heterocycles. The highest BCUT2D eigenvalue weighted by Crippen LogP contribution is 2.50. The number of hydrogen-bond donors (Lipinski definition) is 0. The molecule has 25 heavy (non-hydrogen) atoms. The second kappa shape index (κ2) is 6.33. The molecule has 6 heteroatoms. The molecular formula is C19H22N2O3S. The summed E-state index contributed by atoms with van der Waals surface area (Å²) >= 11 is 1.73. The van der Waals surface area contributed by atoms with Crippen LogP contribution < -0.4 is 0 Å². The van der Waals surface area contributed by atoms with Crippen LogP contribution in [0, 0.1) is 19.8 Å². The van der Waals surface area contributed by atoms with Crippen LogP contribution in [-0.2, 0) is 4.79 Å². The number of hydrogen-bond acceptors (Lipinski definition) is 4. The average Bonchev–Trinajstić information content (AvgIpc) is 3.06. The Morgan fingerprint density at radius 2 is 1.88 bits per heavy atom. The van der Waals surface area contributed by atoms with Crippen molar-refractivity contribution in [1.29, 1.82) is 0 Å². The first-order valence-corrected chi connectivity index (χ1v) is 9.61. The first kappa shape index (κ1) is 16.4. The van der Waals surface area contributed by atoms with E-state index < -0.39 is 0 Å². The Morgan fingerprint density at radius 3 is 2.48 bits per heavy atom. The first-order valence-electron chi connectivity index (χ1n) is 8.73. The van der Waals surface area contributed by atoms with E-state index in [4.69, 9.17) is 4.42 Å². The molecule has 2 fully saturated rings. The van der Waals surface area contributed by atoms with Crippen molar-refractivity contribution in [1.82, 2.24) is 9.80 Å². The van der Waals surface area contributed by atoms with Gasteiger partial charge in [0.15, 0.2) is 0 Å². The monoisotopic (exact) mass is 358 g/mol. The summed E-state index contributed by atoms with van der Waals surface area (Å²) in [6, 6.07) is 5.96. The smallest absolute Gasteiger partial charge is 0.257 e. The number of rotatable bonds is 3. The highest BCUT2D eigenvalue weighted by Gasteiger charge is 2.46. The fourth-order valence-electron chi connectivity index (χ4n) is 3.66. The fourth-order valence-corrected chi connectivity index (χ4v) is 4.57. The van der Waals surface area contributed by atoms with E-state index in [9.17, 15) is 9.59 Å². The minimum absolute atomic E-state index is 0.00401. The van der Waals surface area contributed by atoms with Gasteiger partial charge in [0.05, 0.1) is 5.56 Å². The van der Waals surface area contributed by atoms with E-state index >= 15 is 0 Å². The number of thiophene rings is 1. The molecule has 2 atom stereocenters. The van der Waals surface area contributed by atoms with Gasteiger partial charge in [-0.3, -0.25) is 9.59 Å². The summed E-state index contributed by atoms with van der Waals surface area (Å²) in [5.74, 6) is 2.22. The van der Waals surface area contributed by atoms with Gasteiger partial charge in [0.1, 0.15) is 11.5 Å². The molecule has 1 aliphatic heterocycles. The third-order valence-electron chi connectivity index (χ3n) is 5.17. The van der Waals surface area contributed by atoms with Crippen molar-refractivity contribution in [3.63, 3.8) is 0 Å². The molecule has 3 heterocycles. The Labute approximate surface area is 151 Å². The number of furan rings is 1. The minimum Gasteiger partial charge on any atom is -0.466 e. The molecule has 0 bridgehead atoms. The number of carbonyl (C=O) groups excluding carboxylic acids is 2. The van der Waals surface area contributed by atoms with Crippen LogP contribution in [-0.4, -0.2) is 47.8 Å². The van der Waals surface area contributed by atoms with Gasteiger partial charge in [0, 0.05) is 42.9 Å². The molecule has 0 aromatic carbocycles. The highest BCUT2D eigenvalue weighted by molar-refractivity contribution is 7.10. The molecule has 0 N–H and O–H groups in total. The van der Waals surface area contributed by atoms with Gasteiger partial charge in [-0.2, -0.15) is 0 Å². The SMILES string of the molecule is Cc1cc(C(=O)N2CCN(C(=O)C3CC3c3cccs3)CC2)c(C)o1. The maximum absolute atomic E-state index is 12.7. The van der Waals surface area contributed by atoms with Crippen LogP contribution in [0.15, 0.2) is 28.0 Å². The molecule has 2 aliphatic rings. The molecule has 0 spiro atoms. The lowest BCUT2D eigenvalue weighted by molar-refractivity contribution is -0.134. The van der Waals surface area contributed by atoms with Crippen molar-refractivity contribution in [3.8, 4) is 0 Å². The van der Waals surface area contributed by atoms with Crippen molar-refractivity contribution in [2.45, 2.75) is 26.2 Å². The Hall–Kier alpha value is -2.08. The Morgan fingerprint density at radius 1 is 1.16 bits per heavy atom. The summed E-state index contributed by atoms with van der Waals surface area (Å²) in [6.07, 6.45) is 0.964. The van der Waals surface area contributed by atoms with Crippen LogP contribution in [0.3, 0.4) is 0 Å². The first-order chi connectivity index (χ1) is 12.0. The van der Waals surface area contributed by atoms with Crippen LogP contribution in [0.5, 0.6) is 0 Å². The molecule has 2 unspecified atom stereocenters. The summed E-state index contributed by atoms with van der Waals surface area (Å²) in [6.45, 7) is 6.08. The molecule has 2 amide bonds.